The summed E-state index contributed by atoms with van der Waals surface area (Å²) in [6.07, 6.45) is 3.49. The second-order valence-corrected chi connectivity index (χ2v) is 15.5. The smallest absolute Gasteiger partial charge is 0.123 e. The number of nitrogens with zero attached hydrogens (tertiary/aromatic N) is 4. The molecule has 0 saturated heterocycles. The summed E-state index contributed by atoms with van der Waals surface area (Å²) >= 11 is 0. The van der Waals surface area contributed by atoms with E-state index in [2.05, 4.69) is 136 Å². The Bertz CT molecular complexity index is 2590. The van der Waals surface area contributed by atoms with Crippen molar-refractivity contribution in [1.29, 1.82) is 0 Å². The molecule has 0 aliphatic rings. The molecule has 53 heavy (non-hydrogen) atoms. The monoisotopic (exact) mass is 872 g/mol. The fraction of sp³-hybridized carbons (Fsp3) is 0.170. The Balaban J connectivity index is 0.00000435. The zero-order valence-corrected chi connectivity index (χ0v) is 33.0. The van der Waals surface area contributed by atoms with Gasteiger partial charge in [0.2, 0.25) is 0 Å². The van der Waals surface area contributed by atoms with Crippen molar-refractivity contribution < 1.29 is 26.2 Å². The molecule has 0 unspecified atom stereocenters. The van der Waals surface area contributed by atoms with Crippen LogP contribution in [0.15, 0.2) is 134 Å². The Kier molecular flexibility index (Phi) is 9.42. The van der Waals surface area contributed by atoms with Crippen molar-refractivity contribution >= 4 is 22.1 Å². The molecule has 0 aliphatic carbocycles. The minimum Gasteiger partial charge on any atom is -0.507 e. The number of hydrogen-bond acceptors (Lipinski definition) is 4. The molecule has 8 rings (SSSR count). The molecule has 6 aromatic carbocycles. The Morgan fingerprint density at radius 2 is 1.26 bits per heavy atom. The molecule has 6 heteroatoms. The van der Waals surface area contributed by atoms with Crippen molar-refractivity contribution in [1.82, 2.24) is 19.5 Å². The number of aromatic hydroxyl groups is 1. The van der Waals surface area contributed by atoms with Gasteiger partial charge >= 0.3 is 0 Å². The van der Waals surface area contributed by atoms with Gasteiger partial charge in [0.25, 0.3) is 0 Å². The average molecular weight is 873 g/mol. The van der Waals surface area contributed by atoms with Crippen LogP contribution < -0.4 is 0 Å². The number of rotatable bonds is 5. The van der Waals surface area contributed by atoms with Gasteiger partial charge < -0.3 is 9.67 Å². The van der Waals surface area contributed by atoms with Gasteiger partial charge in [-0.2, -0.15) is 0 Å². The van der Waals surface area contributed by atoms with Gasteiger partial charge in [-0.25, -0.2) is 0 Å². The van der Waals surface area contributed by atoms with Crippen LogP contribution >= 0.6 is 0 Å². The largest absolute Gasteiger partial charge is 0.507 e. The number of aromatic nitrogens is 4. The third-order valence-electron chi connectivity index (χ3n) is 9.84. The van der Waals surface area contributed by atoms with Crippen LogP contribution in [-0.4, -0.2) is 24.6 Å². The van der Waals surface area contributed by atoms with Gasteiger partial charge in [-0.15, -0.1) is 29.8 Å². The molecule has 0 fully saturated rings. The van der Waals surface area contributed by atoms with Crippen LogP contribution in [-0.2, 0) is 31.9 Å². The van der Waals surface area contributed by atoms with Crippen molar-refractivity contribution in [3.63, 3.8) is 0 Å². The van der Waals surface area contributed by atoms with Crippen LogP contribution in [0.3, 0.4) is 0 Å². The van der Waals surface area contributed by atoms with E-state index in [1.54, 1.807) is 18.5 Å². The molecule has 0 atom stereocenters. The fourth-order valence-electron chi connectivity index (χ4n) is 6.90. The molecule has 0 spiro atoms. The maximum Gasteiger partial charge on any atom is 0.123 e. The number of benzene rings is 6. The fourth-order valence-corrected chi connectivity index (χ4v) is 6.90. The summed E-state index contributed by atoms with van der Waals surface area (Å²) in [5.41, 5.74) is 13.2. The molecule has 0 bridgehead atoms. The van der Waals surface area contributed by atoms with E-state index in [0.29, 0.717) is 0 Å². The first kappa shape index (κ1) is 36.0. The summed E-state index contributed by atoms with van der Waals surface area (Å²) in [7, 11) is 0. The van der Waals surface area contributed by atoms with Gasteiger partial charge in [-0.1, -0.05) is 119 Å². The number of fused-ring (bicyclic) bond motifs is 2. The SMILES string of the molecule is CC(C)(C)c1ccc(-n2c(-c3[c-]c(-c4cc(C(C)(C)C)cc5nccnc45)ccc3)nc3c(-c4cc(-c5ccccc5)ccc4O)cccc32)cc1.[Pt]. The van der Waals surface area contributed by atoms with Crippen molar-refractivity contribution in [2.75, 3.05) is 0 Å². The second-order valence-electron chi connectivity index (χ2n) is 15.5. The Morgan fingerprint density at radius 3 is 2.00 bits per heavy atom. The molecule has 0 amide bonds. The number of para-hydroxylation sites is 1. The Labute approximate surface area is 325 Å². The number of phenolic OH excluding ortho intramolecular Hbond substituents is 1. The summed E-state index contributed by atoms with van der Waals surface area (Å²) in [4.78, 5) is 14.8. The normalized spacial score (nSPS) is 11.9. The van der Waals surface area contributed by atoms with E-state index in [0.717, 1.165) is 72.5 Å². The van der Waals surface area contributed by atoms with E-state index >= 15 is 0 Å². The van der Waals surface area contributed by atoms with Gasteiger partial charge in [0.1, 0.15) is 5.75 Å². The molecule has 0 radical (unpaired) electrons. The van der Waals surface area contributed by atoms with Crippen molar-refractivity contribution in [3.8, 4) is 56.2 Å². The Hall–Kier alpha value is -5.38. The maximum atomic E-state index is 11.3. The zero-order valence-electron chi connectivity index (χ0n) is 30.8. The topological polar surface area (TPSA) is 63.8 Å². The second kappa shape index (κ2) is 13.9. The molecule has 2 aromatic heterocycles. The molecule has 2 heterocycles. The van der Waals surface area contributed by atoms with E-state index in [-0.39, 0.29) is 37.6 Å². The van der Waals surface area contributed by atoms with Crippen molar-refractivity contribution in [2.45, 2.75) is 52.4 Å². The Morgan fingerprint density at radius 1 is 0.566 bits per heavy atom. The average Bonchev–Trinajstić information content (AvgIpc) is 3.54. The molecule has 5 nitrogen and oxygen atoms in total. The molecule has 1 N–H and O–H groups in total. The number of hydrogen-bond donors (Lipinski definition) is 1. The number of phenols is 1. The summed E-state index contributed by atoms with van der Waals surface area (Å²) in [5.74, 6) is 0.965. The summed E-state index contributed by atoms with van der Waals surface area (Å²) in [5, 5.41) is 11.3. The van der Waals surface area contributed by atoms with Crippen molar-refractivity contribution in [3.05, 3.63) is 151 Å². The van der Waals surface area contributed by atoms with Crippen LogP contribution in [0.5, 0.6) is 5.75 Å². The van der Waals surface area contributed by atoms with E-state index in [1.807, 2.05) is 36.4 Å². The molecule has 266 valence electrons. The van der Waals surface area contributed by atoms with Crippen LogP contribution in [0.25, 0.3) is 72.5 Å². The minimum atomic E-state index is -0.0783. The third-order valence-corrected chi connectivity index (χ3v) is 9.84. The predicted octanol–water partition coefficient (Wildman–Crippen LogP) is 11.7. The van der Waals surface area contributed by atoms with E-state index in [9.17, 15) is 5.11 Å². The summed E-state index contributed by atoms with van der Waals surface area (Å²) in [6.45, 7) is 13.3. The van der Waals surface area contributed by atoms with Crippen LogP contribution in [0, 0.1) is 6.07 Å². The van der Waals surface area contributed by atoms with Gasteiger partial charge in [0, 0.05) is 50.3 Å². The summed E-state index contributed by atoms with van der Waals surface area (Å²) in [6, 6.07) is 45.3. The van der Waals surface area contributed by atoms with E-state index < -0.39 is 0 Å². The standard InChI is InChI=1S/C47H41N4O.Pt/c1-46(2,3)34-19-21-36(22-20-34)51-41-17-11-16-37(39-27-31(18-23-42(39)52)30-12-8-7-9-13-30)44(41)50-45(51)33-15-10-14-32(26-33)38-28-35(47(4,5)6)29-40-43(38)49-25-24-48-40;/h7-25,27-29,52H,1-6H3;/q-1;. The van der Waals surface area contributed by atoms with E-state index in [4.69, 9.17) is 9.97 Å². The van der Waals surface area contributed by atoms with Gasteiger partial charge in [0.15, 0.2) is 0 Å². The molecule has 0 aliphatic heterocycles. The van der Waals surface area contributed by atoms with Crippen LogP contribution in [0.4, 0.5) is 0 Å². The zero-order chi connectivity index (χ0) is 36.2. The van der Waals surface area contributed by atoms with Gasteiger partial charge in [-0.3, -0.25) is 15.0 Å². The van der Waals surface area contributed by atoms with Gasteiger partial charge in [-0.05, 0) is 69.5 Å². The molecule has 0 saturated carbocycles. The van der Waals surface area contributed by atoms with Crippen LogP contribution in [0.2, 0.25) is 0 Å². The first-order valence-corrected chi connectivity index (χ1v) is 17.8. The summed E-state index contributed by atoms with van der Waals surface area (Å²) < 4.78 is 2.21. The minimum absolute atomic E-state index is 0. The third kappa shape index (κ3) is 6.82. The van der Waals surface area contributed by atoms with Gasteiger partial charge in [0.05, 0.1) is 27.9 Å². The van der Waals surface area contributed by atoms with Crippen LogP contribution in [0.1, 0.15) is 52.7 Å². The first-order chi connectivity index (χ1) is 25.0. The number of imidazole rings is 1. The quantitative estimate of drug-likeness (QED) is 0.175. The predicted molar refractivity (Wildman–Crippen MR) is 214 cm³/mol. The molecular formula is C47H41N4OPt-. The first-order valence-electron chi connectivity index (χ1n) is 17.8. The molecular weight excluding hydrogens is 832 g/mol. The van der Waals surface area contributed by atoms with E-state index in [1.165, 1.54) is 11.1 Å². The molecule has 8 aromatic rings. The maximum absolute atomic E-state index is 11.3. The van der Waals surface area contributed by atoms with Crippen molar-refractivity contribution in [2.24, 2.45) is 0 Å².